The molecule has 0 aromatic carbocycles. The number of carbonyl (C=O) groups excluding carboxylic acids is 1. The third kappa shape index (κ3) is 3.32. The largest absolute Gasteiger partial charge is 0.383 e. The fourth-order valence-corrected chi connectivity index (χ4v) is 3.66. The quantitative estimate of drug-likeness (QED) is 0.699. The molecule has 0 saturated carbocycles. The van der Waals surface area contributed by atoms with E-state index in [1.807, 2.05) is 4.90 Å². The Kier molecular flexibility index (Phi) is 5.52. The summed E-state index contributed by atoms with van der Waals surface area (Å²) in [4.78, 5) is 42.3. The Morgan fingerprint density at radius 1 is 1.11 bits per heavy atom. The van der Waals surface area contributed by atoms with Gasteiger partial charge in [0.05, 0.1) is 12.0 Å². The molecule has 148 valence electrons. The smallest absolute Gasteiger partial charge is 0.332 e. The van der Waals surface area contributed by atoms with Gasteiger partial charge in [0.25, 0.3) is 11.5 Å². The molecule has 1 amide bonds. The van der Waals surface area contributed by atoms with Gasteiger partial charge in [-0.2, -0.15) is 0 Å². The monoisotopic (exact) mass is 377 g/mol. The van der Waals surface area contributed by atoms with Crippen molar-refractivity contribution in [1.29, 1.82) is 0 Å². The molecule has 3 rings (SSSR count). The number of carbonyl (C=O) groups is 1. The maximum absolute atomic E-state index is 13.2. The highest BCUT2D eigenvalue weighted by atomic mass is 16.5. The second kappa shape index (κ2) is 7.69. The first-order valence-corrected chi connectivity index (χ1v) is 9.20. The minimum atomic E-state index is -0.417. The number of hydrogen-bond donors (Lipinski definition) is 0. The number of methoxy groups -OCH3 is 1. The summed E-state index contributed by atoms with van der Waals surface area (Å²) in [5.41, 5.74) is 0.0648. The van der Waals surface area contributed by atoms with E-state index >= 15 is 0 Å². The third-order valence-corrected chi connectivity index (χ3v) is 5.34. The average molecular weight is 377 g/mol. The van der Waals surface area contributed by atoms with Gasteiger partial charge in [-0.25, -0.2) is 4.79 Å². The fourth-order valence-electron chi connectivity index (χ4n) is 3.66. The van der Waals surface area contributed by atoms with Gasteiger partial charge in [0.15, 0.2) is 0 Å². The van der Waals surface area contributed by atoms with E-state index in [1.165, 1.54) is 11.6 Å². The molecule has 0 spiro atoms. The molecule has 2 aromatic heterocycles. The molecule has 9 heteroatoms. The zero-order valence-electron chi connectivity index (χ0n) is 16.4. The predicted octanol–water partition coefficient (Wildman–Crippen LogP) is -0.537. The topological polar surface area (TPSA) is 81.7 Å². The highest BCUT2D eigenvalue weighted by Gasteiger charge is 2.26. The summed E-state index contributed by atoms with van der Waals surface area (Å²) in [6, 6.07) is 1.61. The van der Waals surface area contributed by atoms with Gasteiger partial charge < -0.3 is 19.1 Å². The number of piperazine rings is 1. The molecule has 0 unspecified atom stereocenters. The molecule has 0 atom stereocenters. The summed E-state index contributed by atoms with van der Waals surface area (Å²) in [6.45, 7) is 6.80. The van der Waals surface area contributed by atoms with Crippen LogP contribution in [0.4, 0.5) is 0 Å². The van der Waals surface area contributed by atoms with Crippen LogP contribution < -0.4 is 11.2 Å². The zero-order chi connectivity index (χ0) is 19.7. The van der Waals surface area contributed by atoms with Crippen LogP contribution >= 0.6 is 0 Å². The number of hydrogen-bond acceptors (Lipinski definition) is 5. The second-order valence-corrected chi connectivity index (χ2v) is 6.84. The maximum atomic E-state index is 13.2. The van der Waals surface area contributed by atoms with Crippen LogP contribution in [0.15, 0.2) is 15.7 Å². The molecule has 0 aliphatic carbocycles. The average Bonchev–Trinajstić information content (AvgIpc) is 3.08. The lowest BCUT2D eigenvalue weighted by Gasteiger charge is -2.34. The van der Waals surface area contributed by atoms with Gasteiger partial charge in [0, 0.05) is 53.9 Å². The van der Waals surface area contributed by atoms with Crippen molar-refractivity contribution in [2.75, 3.05) is 46.4 Å². The first-order valence-electron chi connectivity index (χ1n) is 9.20. The van der Waals surface area contributed by atoms with Crippen LogP contribution in [0.25, 0.3) is 11.0 Å². The molecular formula is C18H27N5O4. The van der Waals surface area contributed by atoms with E-state index in [2.05, 4.69) is 11.8 Å². The summed E-state index contributed by atoms with van der Waals surface area (Å²) in [5, 5.41) is 0.367. The molecule has 1 fully saturated rings. The van der Waals surface area contributed by atoms with Crippen molar-refractivity contribution in [1.82, 2.24) is 23.5 Å². The summed E-state index contributed by atoms with van der Waals surface area (Å²) in [6.07, 6.45) is 0. The lowest BCUT2D eigenvalue weighted by atomic mass is 10.2. The molecule has 0 bridgehead atoms. The maximum Gasteiger partial charge on any atom is 0.332 e. The van der Waals surface area contributed by atoms with E-state index in [4.69, 9.17) is 4.74 Å². The van der Waals surface area contributed by atoms with Crippen molar-refractivity contribution >= 4 is 16.9 Å². The van der Waals surface area contributed by atoms with Gasteiger partial charge in [0.2, 0.25) is 0 Å². The predicted molar refractivity (Wildman–Crippen MR) is 102 cm³/mol. The molecule has 3 heterocycles. The van der Waals surface area contributed by atoms with Crippen molar-refractivity contribution in [3.63, 3.8) is 0 Å². The van der Waals surface area contributed by atoms with Crippen LogP contribution in [0.5, 0.6) is 0 Å². The second-order valence-electron chi connectivity index (χ2n) is 6.84. The van der Waals surface area contributed by atoms with E-state index in [0.717, 1.165) is 24.2 Å². The van der Waals surface area contributed by atoms with Gasteiger partial charge in [-0.3, -0.25) is 18.7 Å². The van der Waals surface area contributed by atoms with Gasteiger partial charge >= 0.3 is 5.69 Å². The SMILES string of the molecule is CCN1CCN(C(=O)c2cc3c(=O)n(C)c(=O)n(C)c3n2CCOC)CC1. The van der Waals surface area contributed by atoms with E-state index < -0.39 is 11.2 Å². The number of aryl methyl sites for hydroxylation is 1. The zero-order valence-corrected chi connectivity index (χ0v) is 16.4. The number of likely N-dealkylation sites (N-methyl/N-ethyl adjacent to an activating group) is 1. The van der Waals surface area contributed by atoms with Crippen LogP contribution in [-0.2, 0) is 25.4 Å². The molecule has 1 saturated heterocycles. The summed E-state index contributed by atoms with van der Waals surface area (Å²) in [7, 11) is 4.64. The Hall–Kier alpha value is -2.39. The third-order valence-electron chi connectivity index (χ3n) is 5.34. The minimum Gasteiger partial charge on any atom is -0.383 e. The Morgan fingerprint density at radius 3 is 2.37 bits per heavy atom. The standard InChI is InChI=1S/C18H27N5O4/c1-5-21-6-8-22(9-7-21)17(25)14-12-13-15(23(14)10-11-27-4)19(2)18(26)20(3)16(13)24/h12H,5-11H2,1-4H3. The number of aromatic nitrogens is 3. The molecule has 0 N–H and O–H groups in total. The fraction of sp³-hybridized carbons (Fsp3) is 0.611. The van der Waals surface area contributed by atoms with E-state index in [9.17, 15) is 14.4 Å². The van der Waals surface area contributed by atoms with Crippen molar-refractivity contribution < 1.29 is 9.53 Å². The van der Waals surface area contributed by atoms with E-state index in [0.29, 0.717) is 43.0 Å². The van der Waals surface area contributed by atoms with Crippen LogP contribution in [-0.4, -0.2) is 75.8 Å². The van der Waals surface area contributed by atoms with Crippen LogP contribution in [0.1, 0.15) is 17.4 Å². The molecule has 1 aliphatic rings. The number of nitrogens with zero attached hydrogens (tertiary/aromatic N) is 5. The van der Waals surface area contributed by atoms with Gasteiger partial charge in [-0.1, -0.05) is 6.92 Å². The Bertz CT molecular complexity index is 963. The molecule has 27 heavy (non-hydrogen) atoms. The number of ether oxygens (including phenoxy) is 1. The van der Waals surface area contributed by atoms with Gasteiger partial charge in [-0.15, -0.1) is 0 Å². The first-order chi connectivity index (χ1) is 12.9. The first kappa shape index (κ1) is 19.4. The molecule has 2 aromatic rings. The van der Waals surface area contributed by atoms with Crippen molar-refractivity contribution in [2.45, 2.75) is 13.5 Å². The Morgan fingerprint density at radius 2 is 1.78 bits per heavy atom. The van der Waals surface area contributed by atoms with Crippen LogP contribution in [0, 0.1) is 0 Å². The molecule has 1 aliphatic heterocycles. The highest BCUT2D eigenvalue weighted by molar-refractivity contribution is 5.98. The van der Waals surface area contributed by atoms with Crippen molar-refractivity contribution in [3.8, 4) is 0 Å². The van der Waals surface area contributed by atoms with Crippen molar-refractivity contribution in [2.24, 2.45) is 14.1 Å². The normalized spacial score (nSPS) is 15.6. The number of fused-ring (bicyclic) bond motifs is 1. The number of amides is 1. The molecule has 9 nitrogen and oxygen atoms in total. The summed E-state index contributed by atoms with van der Waals surface area (Å²) < 4.78 is 9.39. The summed E-state index contributed by atoms with van der Waals surface area (Å²) >= 11 is 0. The minimum absolute atomic E-state index is 0.118. The molecular weight excluding hydrogens is 350 g/mol. The number of rotatable bonds is 5. The Balaban J connectivity index is 2.10. The van der Waals surface area contributed by atoms with Crippen LogP contribution in [0.3, 0.4) is 0 Å². The van der Waals surface area contributed by atoms with Crippen molar-refractivity contribution in [3.05, 3.63) is 32.6 Å². The van der Waals surface area contributed by atoms with Gasteiger partial charge in [-0.05, 0) is 12.6 Å². The lowest BCUT2D eigenvalue weighted by molar-refractivity contribution is 0.0631. The van der Waals surface area contributed by atoms with E-state index in [1.54, 1.807) is 24.8 Å². The van der Waals surface area contributed by atoms with E-state index in [-0.39, 0.29) is 5.91 Å². The summed E-state index contributed by atoms with van der Waals surface area (Å²) in [5.74, 6) is -0.118. The highest BCUT2D eigenvalue weighted by Crippen LogP contribution is 2.18. The Labute approximate surface area is 157 Å². The molecule has 0 radical (unpaired) electrons. The van der Waals surface area contributed by atoms with Crippen LogP contribution in [0.2, 0.25) is 0 Å². The van der Waals surface area contributed by atoms with Gasteiger partial charge in [0.1, 0.15) is 11.3 Å². The lowest BCUT2D eigenvalue weighted by Crippen LogP contribution is -2.48.